The molecule has 2 aromatic heterocycles. The molecule has 2 heterocycles. The number of thiazole rings is 1. The van der Waals surface area contributed by atoms with E-state index in [1.807, 2.05) is 41.1 Å². The Morgan fingerprint density at radius 2 is 1.81 bits per heavy atom. The van der Waals surface area contributed by atoms with Gasteiger partial charge in [-0.1, -0.05) is 41.7 Å². The van der Waals surface area contributed by atoms with Crippen LogP contribution in [0.1, 0.15) is 27.6 Å². The summed E-state index contributed by atoms with van der Waals surface area (Å²) in [5.74, 6) is -0.209. The van der Waals surface area contributed by atoms with Gasteiger partial charge in [-0.2, -0.15) is 0 Å². The van der Waals surface area contributed by atoms with E-state index in [4.69, 9.17) is 9.47 Å². The molecule has 0 aliphatic heterocycles. The SMILES string of the molecule is CCOC(=O)c1c(-c2ccccc2)csc1NC(=O)c1ccc(Oc2nccs2)cc1. The Balaban J connectivity index is 1.56. The van der Waals surface area contributed by atoms with Crippen LogP contribution in [-0.4, -0.2) is 23.5 Å². The third-order valence-electron chi connectivity index (χ3n) is 4.31. The average Bonchev–Trinajstić information content (AvgIpc) is 3.45. The summed E-state index contributed by atoms with van der Waals surface area (Å²) in [4.78, 5) is 29.5. The van der Waals surface area contributed by atoms with Crippen molar-refractivity contribution in [2.24, 2.45) is 0 Å². The molecule has 0 bridgehead atoms. The van der Waals surface area contributed by atoms with Crippen molar-refractivity contribution in [3.63, 3.8) is 0 Å². The Kier molecular flexibility index (Phi) is 6.40. The van der Waals surface area contributed by atoms with Crippen LogP contribution >= 0.6 is 22.7 Å². The smallest absolute Gasteiger partial charge is 0.341 e. The number of carbonyl (C=O) groups excluding carboxylic acids is 2. The molecule has 4 rings (SSSR count). The van der Waals surface area contributed by atoms with Crippen molar-refractivity contribution < 1.29 is 19.1 Å². The minimum absolute atomic E-state index is 0.247. The monoisotopic (exact) mass is 450 g/mol. The Morgan fingerprint density at radius 1 is 1.03 bits per heavy atom. The van der Waals surface area contributed by atoms with Crippen LogP contribution in [0.15, 0.2) is 71.6 Å². The summed E-state index contributed by atoms with van der Waals surface area (Å²) in [5.41, 5.74) is 2.41. The van der Waals surface area contributed by atoms with E-state index in [0.29, 0.717) is 27.1 Å². The van der Waals surface area contributed by atoms with Gasteiger partial charge in [-0.15, -0.1) is 11.3 Å². The van der Waals surface area contributed by atoms with Crippen LogP contribution in [0.2, 0.25) is 0 Å². The highest BCUT2D eigenvalue weighted by Crippen LogP contribution is 2.36. The molecular formula is C23H18N2O4S2. The first-order valence-corrected chi connectivity index (χ1v) is 11.2. The summed E-state index contributed by atoms with van der Waals surface area (Å²) >= 11 is 2.67. The lowest BCUT2D eigenvalue weighted by Crippen LogP contribution is -2.14. The Bertz CT molecular complexity index is 1170. The molecule has 0 unspecified atom stereocenters. The number of hydrogen-bond acceptors (Lipinski definition) is 7. The second kappa shape index (κ2) is 9.55. The number of amides is 1. The fraction of sp³-hybridized carbons (Fsp3) is 0.0870. The quantitative estimate of drug-likeness (QED) is 0.345. The fourth-order valence-corrected chi connectivity index (χ4v) is 4.35. The fourth-order valence-electron chi connectivity index (χ4n) is 2.90. The van der Waals surface area contributed by atoms with Crippen molar-refractivity contribution in [2.75, 3.05) is 11.9 Å². The van der Waals surface area contributed by atoms with Crippen molar-refractivity contribution in [2.45, 2.75) is 6.92 Å². The maximum absolute atomic E-state index is 12.8. The molecule has 4 aromatic rings. The van der Waals surface area contributed by atoms with E-state index in [1.54, 1.807) is 37.4 Å². The molecule has 6 nitrogen and oxygen atoms in total. The maximum Gasteiger partial charge on any atom is 0.341 e. The molecule has 2 aromatic carbocycles. The highest BCUT2D eigenvalue weighted by Gasteiger charge is 2.23. The van der Waals surface area contributed by atoms with Gasteiger partial charge in [0.25, 0.3) is 11.1 Å². The van der Waals surface area contributed by atoms with Crippen molar-refractivity contribution in [3.8, 4) is 22.1 Å². The molecule has 0 radical (unpaired) electrons. The van der Waals surface area contributed by atoms with E-state index in [0.717, 1.165) is 11.1 Å². The van der Waals surface area contributed by atoms with E-state index in [2.05, 4.69) is 10.3 Å². The van der Waals surface area contributed by atoms with Crippen molar-refractivity contribution >= 4 is 39.6 Å². The predicted molar refractivity (Wildman–Crippen MR) is 122 cm³/mol. The first-order chi connectivity index (χ1) is 15.2. The number of nitrogens with one attached hydrogen (secondary N) is 1. The number of aromatic nitrogens is 1. The summed E-state index contributed by atoms with van der Waals surface area (Å²) in [6.45, 7) is 2.00. The van der Waals surface area contributed by atoms with E-state index >= 15 is 0 Å². The van der Waals surface area contributed by atoms with Crippen LogP contribution < -0.4 is 10.1 Å². The van der Waals surface area contributed by atoms with Gasteiger partial charge < -0.3 is 14.8 Å². The predicted octanol–water partition coefficient (Wildman–Crippen LogP) is 6.09. The van der Waals surface area contributed by atoms with Crippen molar-refractivity contribution in [1.29, 1.82) is 0 Å². The molecule has 0 saturated heterocycles. The molecule has 0 saturated carbocycles. The molecule has 156 valence electrons. The first-order valence-electron chi connectivity index (χ1n) is 9.48. The van der Waals surface area contributed by atoms with Gasteiger partial charge in [0, 0.05) is 28.1 Å². The molecular weight excluding hydrogens is 432 g/mol. The van der Waals surface area contributed by atoms with E-state index in [-0.39, 0.29) is 12.5 Å². The van der Waals surface area contributed by atoms with Gasteiger partial charge in [0.05, 0.1) is 6.61 Å². The van der Waals surface area contributed by atoms with Crippen LogP contribution in [-0.2, 0) is 4.74 Å². The summed E-state index contributed by atoms with van der Waals surface area (Å²) in [6, 6.07) is 16.3. The summed E-state index contributed by atoms with van der Waals surface area (Å²) in [5, 5.41) is 7.50. The zero-order valence-electron chi connectivity index (χ0n) is 16.5. The van der Waals surface area contributed by atoms with E-state index in [1.165, 1.54) is 22.7 Å². The molecule has 0 aliphatic rings. The summed E-state index contributed by atoms with van der Waals surface area (Å²) in [6.07, 6.45) is 1.66. The zero-order chi connectivity index (χ0) is 21.6. The van der Waals surface area contributed by atoms with Crippen LogP contribution in [0.3, 0.4) is 0 Å². The van der Waals surface area contributed by atoms with Gasteiger partial charge in [0.15, 0.2) is 0 Å². The van der Waals surface area contributed by atoms with E-state index in [9.17, 15) is 9.59 Å². The molecule has 8 heteroatoms. The average molecular weight is 451 g/mol. The number of carbonyl (C=O) groups is 2. The molecule has 0 spiro atoms. The second-order valence-corrected chi connectivity index (χ2v) is 8.06. The summed E-state index contributed by atoms with van der Waals surface area (Å²) < 4.78 is 10.9. The largest absolute Gasteiger partial charge is 0.462 e. The third-order valence-corrected chi connectivity index (χ3v) is 5.86. The van der Waals surface area contributed by atoms with Crippen LogP contribution in [0, 0.1) is 0 Å². The third kappa shape index (κ3) is 4.82. The Hall–Kier alpha value is -3.49. The van der Waals surface area contributed by atoms with Gasteiger partial charge in [-0.3, -0.25) is 4.79 Å². The standard InChI is InChI=1S/C23H18N2O4S2/c1-2-28-22(27)19-18(15-6-4-3-5-7-15)14-31-21(19)25-20(26)16-8-10-17(11-9-16)29-23-24-12-13-30-23/h3-14H,2H2,1H3,(H,25,26). The molecule has 0 aliphatic carbocycles. The minimum atomic E-state index is -0.468. The molecule has 1 N–H and O–H groups in total. The first kappa shape index (κ1) is 20.8. The Morgan fingerprint density at radius 3 is 2.48 bits per heavy atom. The number of esters is 1. The number of nitrogens with zero attached hydrogens (tertiary/aromatic N) is 1. The Labute approximate surface area is 187 Å². The lowest BCUT2D eigenvalue weighted by Gasteiger charge is -2.09. The number of ether oxygens (including phenoxy) is 2. The number of thiophene rings is 1. The number of rotatable bonds is 7. The van der Waals surface area contributed by atoms with Crippen LogP contribution in [0.4, 0.5) is 5.00 Å². The number of benzene rings is 2. The zero-order valence-corrected chi connectivity index (χ0v) is 18.2. The lowest BCUT2D eigenvalue weighted by atomic mass is 10.0. The van der Waals surface area contributed by atoms with Crippen LogP contribution in [0.25, 0.3) is 11.1 Å². The van der Waals surface area contributed by atoms with Crippen LogP contribution in [0.5, 0.6) is 10.9 Å². The van der Waals surface area contributed by atoms with Crippen molar-refractivity contribution in [1.82, 2.24) is 4.98 Å². The van der Waals surface area contributed by atoms with Gasteiger partial charge in [-0.25, -0.2) is 9.78 Å². The topological polar surface area (TPSA) is 77.5 Å². The minimum Gasteiger partial charge on any atom is -0.462 e. The normalized spacial score (nSPS) is 10.5. The van der Waals surface area contributed by atoms with E-state index < -0.39 is 5.97 Å². The lowest BCUT2D eigenvalue weighted by molar-refractivity contribution is 0.0529. The second-order valence-electron chi connectivity index (χ2n) is 6.32. The molecule has 0 fully saturated rings. The molecule has 31 heavy (non-hydrogen) atoms. The van der Waals surface area contributed by atoms with Gasteiger partial charge in [0.1, 0.15) is 16.3 Å². The maximum atomic E-state index is 12.8. The van der Waals surface area contributed by atoms with Gasteiger partial charge in [0.2, 0.25) is 0 Å². The highest BCUT2D eigenvalue weighted by atomic mass is 32.1. The van der Waals surface area contributed by atoms with Crippen molar-refractivity contribution in [3.05, 3.63) is 82.7 Å². The summed E-state index contributed by atoms with van der Waals surface area (Å²) in [7, 11) is 0. The van der Waals surface area contributed by atoms with Gasteiger partial charge in [-0.05, 0) is 36.8 Å². The highest BCUT2D eigenvalue weighted by molar-refractivity contribution is 7.15. The van der Waals surface area contributed by atoms with Gasteiger partial charge >= 0.3 is 5.97 Å². The number of hydrogen-bond donors (Lipinski definition) is 1. The molecule has 0 atom stereocenters. The number of anilines is 1. The molecule has 1 amide bonds.